The number of unbranched alkanes of at least 4 members (excludes halogenated alkanes) is 2. The quantitative estimate of drug-likeness (QED) is 0.479. The Hall–Kier alpha value is -1.89. The Morgan fingerprint density at radius 1 is 0.840 bits per heavy atom. The van der Waals surface area contributed by atoms with Crippen LogP contribution in [-0.4, -0.2) is 5.78 Å². The van der Waals surface area contributed by atoms with E-state index in [1.165, 1.54) is 53.5 Å². The van der Waals surface area contributed by atoms with E-state index in [-0.39, 0.29) is 5.78 Å². The summed E-state index contributed by atoms with van der Waals surface area (Å²) in [6.07, 6.45) is 7.93. The lowest BCUT2D eigenvalue weighted by molar-refractivity contribution is 0.101. The summed E-state index contributed by atoms with van der Waals surface area (Å²) in [5.41, 5.74) is 7.48. The van der Waals surface area contributed by atoms with E-state index in [2.05, 4.69) is 51.1 Å². The van der Waals surface area contributed by atoms with Crippen molar-refractivity contribution in [2.45, 2.75) is 72.6 Å². The van der Waals surface area contributed by atoms with Crippen molar-refractivity contribution in [3.8, 4) is 0 Å². The van der Waals surface area contributed by atoms with Gasteiger partial charge in [0.1, 0.15) is 0 Å². The predicted octanol–water partition coefficient (Wildman–Crippen LogP) is 6.47. The highest BCUT2D eigenvalue weighted by Crippen LogP contribution is 2.22. The Balaban J connectivity index is 2.32. The van der Waals surface area contributed by atoms with Crippen LogP contribution in [0.3, 0.4) is 0 Å². The van der Waals surface area contributed by atoms with Gasteiger partial charge >= 0.3 is 0 Å². The van der Waals surface area contributed by atoms with Gasteiger partial charge in [-0.15, -0.1) is 0 Å². The molecule has 0 amide bonds. The second-order valence-electron chi connectivity index (χ2n) is 7.19. The van der Waals surface area contributed by atoms with Crippen LogP contribution in [0.25, 0.3) is 0 Å². The summed E-state index contributed by atoms with van der Waals surface area (Å²) in [7, 11) is 0. The minimum atomic E-state index is 0.164. The Bertz CT molecular complexity index is 712. The maximum absolute atomic E-state index is 12.1. The first kappa shape index (κ1) is 19.4. The second kappa shape index (κ2) is 9.56. The molecule has 2 rings (SSSR count). The van der Waals surface area contributed by atoms with Gasteiger partial charge in [-0.05, 0) is 73.8 Å². The minimum Gasteiger partial charge on any atom is -0.295 e. The zero-order valence-corrected chi connectivity index (χ0v) is 16.3. The molecule has 0 saturated heterocycles. The van der Waals surface area contributed by atoms with E-state index in [0.29, 0.717) is 0 Å². The van der Waals surface area contributed by atoms with E-state index in [9.17, 15) is 4.79 Å². The van der Waals surface area contributed by atoms with Crippen molar-refractivity contribution in [1.29, 1.82) is 0 Å². The fraction of sp³-hybridized carbons (Fsp3) is 0.458. The van der Waals surface area contributed by atoms with Crippen LogP contribution in [0.4, 0.5) is 0 Å². The second-order valence-corrected chi connectivity index (χ2v) is 7.19. The lowest BCUT2D eigenvalue weighted by Gasteiger charge is -2.13. The molecule has 0 heterocycles. The summed E-state index contributed by atoms with van der Waals surface area (Å²) in [4.78, 5) is 12.1. The van der Waals surface area contributed by atoms with Crippen LogP contribution in [0.2, 0.25) is 0 Å². The Morgan fingerprint density at radius 3 is 1.96 bits per heavy atom. The first-order chi connectivity index (χ1) is 12.0. The summed E-state index contributed by atoms with van der Waals surface area (Å²) in [6.45, 7) is 8.30. The van der Waals surface area contributed by atoms with Gasteiger partial charge < -0.3 is 0 Å². The van der Waals surface area contributed by atoms with E-state index in [4.69, 9.17) is 0 Å². The van der Waals surface area contributed by atoms with Crippen LogP contribution >= 0.6 is 0 Å². The summed E-state index contributed by atoms with van der Waals surface area (Å²) in [5, 5.41) is 0. The van der Waals surface area contributed by atoms with Gasteiger partial charge in [0.2, 0.25) is 0 Å². The first-order valence-electron chi connectivity index (χ1n) is 9.76. The molecule has 0 bridgehead atoms. The van der Waals surface area contributed by atoms with Gasteiger partial charge in [0.15, 0.2) is 5.78 Å². The van der Waals surface area contributed by atoms with Crippen LogP contribution in [0, 0.1) is 6.92 Å². The molecule has 1 nitrogen and oxygen atoms in total. The maximum Gasteiger partial charge on any atom is 0.160 e. The summed E-state index contributed by atoms with van der Waals surface area (Å²) < 4.78 is 0. The standard InChI is InChI=1S/C24H32O/c1-5-7-9-20-12-11-18(3)22(15-20)17-23-16-21(10-8-6-2)13-14-24(23)19(4)25/h11-16H,5-10,17H2,1-4H3. The van der Waals surface area contributed by atoms with Gasteiger partial charge in [-0.2, -0.15) is 0 Å². The highest BCUT2D eigenvalue weighted by atomic mass is 16.1. The molecule has 1 heteroatoms. The van der Waals surface area contributed by atoms with Crippen molar-refractivity contribution < 1.29 is 4.79 Å². The number of benzene rings is 2. The van der Waals surface area contributed by atoms with E-state index in [0.717, 1.165) is 24.8 Å². The fourth-order valence-corrected chi connectivity index (χ4v) is 3.33. The molecule has 134 valence electrons. The molecule has 2 aromatic carbocycles. The number of ketones is 1. The third-order valence-corrected chi connectivity index (χ3v) is 4.98. The average molecular weight is 337 g/mol. The monoisotopic (exact) mass is 336 g/mol. The largest absolute Gasteiger partial charge is 0.295 e. The third kappa shape index (κ3) is 5.56. The van der Waals surface area contributed by atoms with Crippen LogP contribution in [0.5, 0.6) is 0 Å². The summed E-state index contributed by atoms with van der Waals surface area (Å²) in [6, 6.07) is 13.2. The number of Topliss-reactive ketones (excluding diaryl/α,β-unsaturated/α-hetero) is 1. The molecule has 0 aliphatic heterocycles. The Labute approximate surface area is 153 Å². The Morgan fingerprint density at radius 2 is 1.40 bits per heavy atom. The number of hydrogen-bond acceptors (Lipinski definition) is 1. The zero-order chi connectivity index (χ0) is 18.2. The van der Waals surface area contributed by atoms with Crippen LogP contribution in [0.1, 0.15) is 84.6 Å². The van der Waals surface area contributed by atoms with Crippen molar-refractivity contribution >= 4 is 5.78 Å². The zero-order valence-electron chi connectivity index (χ0n) is 16.3. The van der Waals surface area contributed by atoms with Crippen molar-refractivity contribution in [2.75, 3.05) is 0 Å². The Kier molecular flexibility index (Phi) is 7.43. The number of aryl methyl sites for hydroxylation is 3. The van der Waals surface area contributed by atoms with Crippen molar-refractivity contribution in [1.82, 2.24) is 0 Å². The molecule has 0 unspecified atom stereocenters. The molecule has 2 aromatic rings. The predicted molar refractivity (Wildman–Crippen MR) is 108 cm³/mol. The smallest absolute Gasteiger partial charge is 0.160 e. The van der Waals surface area contributed by atoms with Gasteiger partial charge in [-0.1, -0.05) is 63.1 Å². The highest BCUT2D eigenvalue weighted by molar-refractivity contribution is 5.95. The van der Waals surface area contributed by atoms with E-state index < -0.39 is 0 Å². The molecule has 25 heavy (non-hydrogen) atoms. The molecule has 0 N–H and O–H groups in total. The number of carbonyl (C=O) groups excluding carboxylic acids is 1. The molecule has 0 saturated carbocycles. The topological polar surface area (TPSA) is 17.1 Å². The number of rotatable bonds is 9. The van der Waals surface area contributed by atoms with E-state index >= 15 is 0 Å². The lowest BCUT2D eigenvalue weighted by Crippen LogP contribution is -2.04. The van der Waals surface area contributed by atoms with Gasteiger partial charge in [0.25, 0.3) is 0 Å². The molecule has 0 radical (unpaired) electrons. The fourth-order valence-electron chi connectivity index (χ4n) is 3.33. The van der Waals surface area contributed by atoms with Crippen molar-refractivity contribution in [2.24, 2.45) is 0 Å². The molecule has 0 aliphatic rings. The van der Waals surface area contributed by atoms with Crippen LogP contribution in [0.15, 0.2) is 36.4 Å². The molecular weight excluding hydrogens is 304 g/mol. The van der Waals surface area contributed by atoms with Crippen molar-refractivity contribution in [3.63, 3.8) is 0 Å². The highest BCUT2D eigenvalue weighted by Gasteiger charge is 2.11. The van der Waals surface area contributed by atoms with E-state index in [1.807, 2.05) is 6.07 Å². The van der Waals surface area contributed by atoms with Crippen LogP contribution < -0.4 is 0 Å². The maximum atomic E-state index is 12.1. The molecule has 0 aromatic heterocycles. The molecular formula is C24H32O. The van der Waals surface area contributed by atoms with Gasteiger partial charge in [0, 0.05) is 5.56 Å². The average Bonchev–Trinajstić information content (AvgIpc) is 2.60. The molecule has 0 aliphatic carbocycles. The SMILES string of the molecule is CCCCc1ccc(C)c(Cc2cc(CCCC)ccc2C(C)=O)c1. The third-order valence-electron chi connectivity index (χ3n) is 4.98. The number of carbonyl (C=O) groups is 1. The number of hydrogen-bond donors (Lipinski definition) is 0. The normalized spacial score (nSPS) is 10.9. The van der Waals surface area contributed by atoms with Gasteiger partial charge in [0.05, 0.1) is 0 Å². The molecule has 0 atom stereocenters. The van der Waals surface area contributed by atoms with E-state index in [1.54, 1.807) is 6.92 Å². The lowest BCUT2D eigenvalue weighted by atomic mass is 9.91. The first-order valence-corrected chi connectivity index (χ1v) is 9.76. The molecule has 0 fully saturated rings. The molecule has 0 spiro atoms. The minimum absolute atomic E-state index is 0.164. The summed E-state index contributed by atoms with van der Waals surface area (Å²) >= 11 is 0. The summed E-state index contributed by atoms with van der Waals surface area (Å²) in [5.74, 6) is 0.164. The van der Waals surface area contributed by atoms with Crippen LogP contribution in [-0.2, 0) is 19.3 Å². The van der Waals surface area contributed by atoms with Gasteiger partial charge in [-0.25, -0.2) is 0 Å². The van der Waals surface area contributed by atoms with Crippen molar-refractivity contribution in [3.05, 3.63) is 69.8 Å². The van der Waals surface area contributed by atoms with Gasteiger partial charge in [-0.3, -0.25) is 4.79 Å².